The van der Waals surface area contributed by atoms with Gasteiger partial charge >= 0.3 is 0 Å². The zero-order chi connectivity index (χ0) is 13.8. The van der Waals surface area contributed by atoms with Gasteiger partial charge in [-0.05, 0) is 47.7 Å². The zero-order valence-electron chi connectivity index (χ0n) is 10.7. The first-order chi connectivity index (χ1) is 9.04. The highest BCUT2D eigenvalue weighted by Crippen LogP contribution is 2.22. The predicted octanol–water partition coefficient (Wildman–Crippen LogP) is 2.25. The molecule has 104 valence electrons. The van der Waals surface area contributed by atoms with Crippen molar-refractivity contribution in [3.8, 4) is 5.75 Å². The molecule has 1 aliphatic rings. The number of halogens is 2. The van der Waals surface area contributed by atoms with Crippen molar-refractivity contribution >= 4 is 44.4 Å². The average Bonchev–Trinajstić information content (AvgIpc) is 2.35. The van der Waals surface area contributed by atoms with Crippen molar-refractivity contribution in [2.45, 2.75) is 13.0 Å². The first-order valence-electron chi connectivity index (χ1n) is 6.14. The standard InChI is InChI=1S/C13H16BrIN2O2/c1-9-7-17(3-2-16-9)13(18)8-19-12-5-10(14)4-11(15)6-12/h4-6,9,16H,2-3,7-8H2,1H3/t9-/m1/s1. The molecule has 0 aromatic heterocycles. The largest absolute Gasteiger partial charge is 0.484 e. The van der Waals surface area contributed by atoms with Crippen molar-refractivity contribution in [2.75, 3.05) is 26.2 Å². The Kier molecular flexibility index (Phi) is 5.47. The topological polar surface area (TPSA) is 41.6 Å². The van der Waals surface area contributed by atoms with Crippen LogP contribution in [-0.2, 0) is 4.79 Å². The van der Waals surface area contributed by atoms with Gasteiger partial charge in [0.05, 0.1) is 0 Å². The van der Waals surface area contributed by atoms with Crippen LogP contribution < -0.4 is 10.1 Å². The molecule has 0 aliphatic carbocycles. The molecule has 1 aliphatic heterocycles. The summed E-state index contributed by atoms with van der Waals surface area (Å²) in [4.78, 5) is 13.9. The van der Waals surface area contributed by atoms with Crippen molar-refractivity contribution in [1.82, 2.24) is 10.2 Å². The Morgan fingerprint density at radius 2 is 2.37 bits per heavy atom. The van der Waals surface area contributed by atoms with E-state index in [0.717, 1.165) is 33.4 Å². The van der Waals surface area contributed by atoms with Crippen molar-refractivity contribution in [3.05, 3.63) is 26.2 Å². The summed E-state index contributed by atoms with van der Waals surface area (Å²) < 4.78 is 7.60. The predicted molar refractivity (Wildman–Crippen MR) is 86.4 cm³/mol. The fourth-order valence-electron chi connectivity index (χ4n) is 2.01. The minimum absolute atomic E-state index is 0.0448. The molecule has 6 heteroatoms. The van der Waals surface area contributed by atoms with E-state index < -0.39 is 0 Å². The summed E-state index contributed by atoms with van der Waals surface area (Å²) in [6.07, 6.45) is 0. The van der Waals surface area contributed by atoms with Gasteiger partial charge in [-0.1, -0.05) is 15.9 Å². The first-order valence-corrected chi connectivity index (χ1v) is 8.02. The Labute approximate surface area is 135 Å². The number of hydrogen-bond donors (Lipinski definition) is 1. The molecule has 1 amide bonds. The molecule has 1 heterocycles. The van der Waals surface area contributed by atoms with Crippen molar-refractivity contribution in [2.24, 2.45) is 0 Å². The average molecular weight is 439 g/mol. The summed E-state index contributed by atoms with van der Waals surface area (Å²) in [7, 11) is 0. The lowest BCUT2D eigenvalue weighted by Crippen LogP contribution is -2.52. The van der Waals surface area contributed by atoms with E-state index in [1.165, 1.54) is 0 Å². The van der Waals surface area contributed by atoms with Gasteiger partial charge in [-0.15, -0.1) is 0 Å². The molecule has 1 aromatic rings. The number of nitrogens with one attached hydrogen (secondary N) is 1. The van der Waals surface area contributed by atoms with Crippen LogP contribution in [0, 0.1) is 3.57 Å². The third-order valence-electron chi connectivity index (χ3n) is 2.92. The maximum atomic E-state index is 12.0. The lowest BCUT2D eigenvalue weighted by atomic mass is 10.2. The molecule has 4 nitrogen and oxygen atoms in total. The normalized spacial score (nSPS) is 19.3. The van der Waals surface area contributed by atoms with E-state index in [0.29, 0.717) is 6.04 Å². The van der Waals surface area contributed by atoms with Crippen LogP contribution in [0.15, 0.2) is 22.7 Å². The van der Waals surface area contributed by atoms with Crippen LogP contribution >= 0.6 is 38.5 Å². The first kappa shape index (κ1) is 15.1. The van der Waals surface area contributed by atoms with Crippen LogP contribution in [-0.4, -0.2) is 43.1 Å². The molecule has 1 saturated heterocycles. The summed E-state index contributed by atoms with van der Waals surface area (Å²) in [5.41, 5.74) is 0. The lowest BCUT2D eigenvalue weighted by molar-refractivity contribution is -0.134. The second kappa shape index (κ2) is 6.90. The zero-order valence-corrected chi connectivity index (χ0v) is 14.4. The van der Waals surface area contributed by atoms with E-state index >= 15 is 0 Å². The van der Waals surface area contributed by atoms with Gasteiger partial charge in [-0.25, -0.2) is 0 Å². The van der Waals surface area contributed by atoms with Crippen molar-refractivity contribution in [1.29, 1.82) is 0 Å². The molecule has 19 heavy (non-hydrogen) atoms. The number of benzene rings is 1. The second-order valence-corrected chi connectivity index (χ2v) is 6.75. The highest BCUT2D eigenvalue weighted by molar-refractivity contribution is 14.1. The maximum absolute atomic E-state index is 12.0. The van der Waals surface area contributed by atoms with E-state index in [-0.39, 0.29) is 12.5 Å². The van der Waals surface area contributed by atoms with Crippen LogP contribution in [0.5, 0.6) is 5.75 Å². The third kappa shape index (κ3) is 4.61. The molecule has 0 radical (unpaired) electrons. The van der Waals surface area contributed by atoms with Gasteiger partial charge in [-0.3, -0.25) is 4.79 Å². The summed E-state index contributed by atoms with van der Waals surface area (Å²) in [6.45, 7) is 4.53. The summed E-state index contributed by atoms with van der Waals surface area (Å²) in [5, 5.41) is 3.31. The van der Waals surface area contributed by atoms with Gasteiger partial charge in [0.2, 0.25) is 0 Å². The van der Waals surface area contributed by atoms with Crippen molar-refractivity contribution < 1.29 is 9.53 Å². The molecule has 0 saturated carbocycles. The van der Waals surface area contributed by atoms with E-state index in [1.807, 2.05) is 23.1 Å². The SMILES string of the molecule is C[C@@H]1CN(C(=O)COc2cc(Br)cc(I)c2)CCN1. The molecule has 1 atom stereocenters. The maximum Gasteiger partial charge on any atom is 0.260 e. The highest BCUT2D eigenvalue weighted by Gasteiger charge is 2.20. The molecular weight excluding hydrogens is 423 g/mol. The third-order valence-corrected chi connectivity index (χ3v) is 4.00. The van der Waals surface area contributed by atoms with Gasteiger partial charge in [0.15, 0.2) is 6.61 Å². The van der Waals surface area contributed by atoms with Gasteiger partial charge in [-0.2, -0.15) is 0 Å². The number of carbonyl (C=O) groups is 1. The molecule has 0 bridgehead atoms. The molecular formula is C13H16BrIN2O2. The molecule has 0 spiro atoms. The van der Waals surface area contributed by atoms with E-state index in [2.05, 4.69) is 50.8 Å². The molecule has 0 unspecified atom stereocenters. The second-order valence-electron chi connectivity index (χ2n) is 4.59. The Balaban J connectivity index is 1.89. The van der Waals surface area contributed by atoms with Gasteiger partial charge in [0.1, 0.15) is 5.75 Å². The minimum Gasteiger partial charge on any atom is -0.484 e. The lowest BCUT2D eigenvalue weighted by Gasteiger charge is -2.31. The highest BCUT2D eigenvalue weighted by atomic mass is 127. The fraction of sp³-hybridized carbons (Fsp3) is 0.462. The van der Waals surface area contributed by atoms with Gasteiger partial charge in [0.25, 0.3) is 5.91 Å². The Morgan fingerprint density at radius 3 is 3.05 bits per heavy atom. The Bertz CT molecular complexity index is 450. The monoisotopic (exact) mass is 438 g/mol. The fourth-order valence-corrected chi connectivity index (χ4v) is 3.55. The van der Waals surface area contributed by atoms with Crippen molar-refractivity contribution in [3.63, 3.8) is 0 Å². The van der Waals surface area contributed by atoms with Crippen LogP contribution in [0.2, 0.25) is 0 Å². The smallest absolute Gasteiger partial charge is 0.260 e. The number of nitrogens with zero attached hydrogens (tertiary/aromatic N) is 1. The Hall–Kier alpha value is -0.340. The molecule has 1 aromatic carbocycles. The van der Waals surface area contributed by atoms with Crippen LogP contribution in [0.4, 0.5) is 0 Å². The molecule has 2 rings (SSSR count). The number of carbonyl (C=O) groups excluding carboxylic acids is 1. The number of piperazine rings is 1. The summed E-state index contributed by atoms with van der Waals surface area (Å²) in [6, 6.07) is 6.13. The molecule has 1 N–H and O–H groups in total. The number of ether oxygens (including phenoxy) is 1. The summed E-state index contributed by atoms with van der Waals surface area (Å²) in [5.74, 6) is 0.763. The quantitative estimate of drug-likeness (QED) is 0.736. The number of hydrogen-bond acceptors (Lipinski definition) is 3. The van der Waals surface area contributed by atoms with Crippen LogP contribution in [0.3, 0.4) is 0 Å². The van der Waals surface area contributed by atoms with E-state index in [1.54, 1.807) is 0 Å². The number of amides is 1. The van der Waals surface area contributed by atoms with Crippen LogP contribution in [0.25, 0.3) is 0 Å². The summed E-state index contributed by atoms with van der Waals surface area (Å²) >= 11 is 5.64. The van der Waals surface area contributed by atoms with Gasteiger partial charge in [0, 0.05) is 33.7 Å². The Morgan fingerprint density at radius 1 is 1.58 bits per heavy atom. The van der Waals surface area contributed by atoms with Gasteiger partial charge < -0.3 is 15.0 Å². The van der Waals surface area contributed by atoms with E-state index in [4.69, 9.17) is 4.74 Å². The molecule has 1 fully saturated rings. The minimum atomic E-state index is 0.0448. The van der Waals surface area contributed by atoms with Crippen LogP contribution in [0.1, 0.15) is 6.92 Å². The van der Waals surface area contributed by atoms with E-state index in [9.17, 15) is 4.79 Å². The number of rotatable bonds is 3.